The monoisotopic (exact) mass is 747 g/mol. The molecular weight excluding hydrogens is 707 g/mol. The zero-order valence-electron chi connectivity index (χ0n) is 31.8. The predicted octanol–water partition coefficient (Wildman–Crippen LogP) is 15.9. The van der Waals surface area contributed by atoms with E-state index in [1.54, 1.807) is 0 Å². The Bertz CT molecular complexity index is 2810. The van der Waals surface area contributed by atoms with Crippen LogP contribution < -0.4 is 4.90 Å². The number of hydrogen-bond donors (Lipinski definition) is 0. The average molecular weight is 748 g/mol. The number of nitrogens with zero attached hydrogens (tertiary/aromatic N) is 1. The second kappa shape index (κ2) is 16.4. The summed E-state index contributed by atoms with van der Waals surface area (Å²) in [4.78, 5) is 2.41. The molecule has 1 heterocycles. The van der Waals surface area contributed by atoms with Gasteiger partial charge in [0.2, 0.25) is 0 Å². The molecule has 0 saturated carbocycles. The summed E-state index contributed by atoms with van der Waals surface area (Å²) in [6.07, 6.45) is 8.98. The number of thiophene rings is 1. The van der Waals surface area contributed by atoms with E-state index in [0.717, 1.165) is 39.3 Å². The molecule has 8 aromatic carbocycles. The molecule has 0 aliphatic heterocycles. The van der Waals surface area contributed by atoms with E-state index in [0.29, 0.717) is 0 Å². The molecule has 0 bridgehead atoms. The molecule has 272 valence electrons. The van der Waals surface area contributed by atoms with Crippen LogP contribution in [-0.4, -0.2) is 0 Å². The van der Waals surface area contributed by atoms with Crippen LogP contribution in [0.5, 0.6) is 0 Å². The Balaban J connectivity index is 1.24. The summed E-state index contributed by atoms with van der Waals surface area (Å²) < 4.78 is 2.63. The Hall–Kier alpha value is -7.00. The molecule has 0 atom stereocenters. The number of fused-ring (bicyclic) bond motifs is 3. The van der Waals surface area contributed by atoms with E-state index in [1.165, 1.54) is 48.0 Å². The molecule has 0 aliphatic rings. The van der Waals surface area contributed by atoms with Crippen LogP contribution in [0.25, 0.3) is 65.2 Å². The SMILES string of the molecule is C\C=C(/C=C(\C=C\c1ccccc1)N(c1ccc(-c2ccc3sc4ccccc4c3c2)cc1)c1cc(-c2ccccc2)cc(-c2ccccc2)c1)c1ccccc1. The van der Waals surface area contributed by atoms with Crippen LogP contribution in [0.2, 0.25) is 0 Å². The predicted molar refractivity (Wildman–Crippen MR) is 248 cm³/mol. The summed E-state index contributed by atoms with van der Waals surface area (Å²) >= 11 is 1.86. The summed E-state index contributed by atoms with van der Waals surface area (Å²) in [6.45, 7) is 2.12. The second-order valence-corrected chi connectivity index (χ2v) is 15.2. The minimum atomic E-state index is 1.04. The maximum atomic E-state index is 2.41. The van der Waals surface area contributed by atoms with Crippen molar-refractivity contribution in [1.29, 1.82) is 0 Å². The maximum Gasteiger partial charge on any atom is 0.0473 e. The highest BCUT2D eigenvalue weighted by molar-refractivity contribution is 7.25. The molecule has 0 unspecified atom stereocenters. The first kappa shape index (κ1) is 35.7. The molecule has 57 heavy (non-hydrogen) atoms. The third kappa shape index (κ3) is 7.77. The summed E-state index contributed by atoms with van der Waals surface area (Å²) in [5.74, 6) is 0. The maximum absolute atomic E-state index is 2.41. The molecular formula is C55H41NS. The number of hydrogen-bond acceptors (Lipinski definition) is 2. The van der Waals surface area contributed by atoms with Gasteiger partial charge < -0.3 is 4.90 Å². The molecule has 1 nitrogen and oxygen atoms in total. The van der Waals surface area contributed by atoms with Gasteiger partial charge in [-0.25, -0.2) is 0 Å². The van der Waals surface area contributed by atoms with Crippen molar-refractivity contribution in [2.45, 2.75) is 6.92 Å². The molecule has 0 amide bonds. The highest BCUT2D eigenvalue weighted by atomic mass is 32.1. The van der Waals surface area contributed by atoms with Crippen molar-refractivity contribution in [3.8, 4) is 33.4 Å². The third-order valence-electron chi connectivity index (χ3n) is 10.5. The van der Waals surface area contributed by atoms with Gasteiger partial charge in [-0.3, -0.25) is 0 Å². The Labute approximate surface area is 339 Å². The zero-order chi connectivity index (χ0) is 38.4. The Morgan fingerprint density at radius 2 is 0.982 bits per heavy atom. The smallest absolute Gasteiger partial charge is 0.0473 e. The first-order chi connectivity index (χ1) is 28.2. The van der Waals surface area contributed by atoms with Crippen LogP contribution in [0.15, 0.2) is 230 Å². The van der Waals surface area contributed by atoms with Gasteiger partial charge in [0.15, 0.2) is 0 Å². The minimum Gasteiger partial charge on any atom is -0.310 e. The fourth-order valence-electron chi connectivity index (χ4n) is 7.55. The summed E-state index contributed by atoms with van der Waals surface area (Å²) in [5.41, 5.74) is 13.7. The lowest BCUT2D eigenvalue weighted by Gasteiger charge is -2.28. The van der Waals surface area contributed by atoms with Gasteiger partial charge in [0, 0.05) is 37.2 Å². The lowest BCUT2D eigenvalue weighted by molar-refractivity contribution is 1.21. The van der Waals surface area contributed by atoms with Crippen molar-refractivity contribution in [2.24, 2.45) is 0 Å². The van der Waals surface area contributed by atoms with Crippen molar-refractivity contribution >= 4 is 54.5 Å². The van der Waals surface area contributed by atoms with Gasteiger partial charge in [-0.05, 0) is 118 Å². The lowest BCUT2D eigenvalue weighted by atomic mass is 9.96. The molecule has 1 aromatic heterocycles. The van der Waals surface area contributed by atoms with Crippen molar-refractivity contribution in [2.75, 3.05) is 4.90 Å². The lowest BCUT2D eigenvalue weighted by Crippen LogP contribution is -2.16. The van der Waals surface area contributed by atoms with Crippen molar-refractivity contribution < 1.29 is 0 Å². The molecule has 2 heteroatoms. The normalized spacial score (nSPS) is 12.1. The number of rotatable bonds is 10. The van der Waals surface area contributed by atoms with Gasteiger partial charge in [-0.15, -0.1) is 11.3 Å². The van der Waals surface area contributed by atoms with Crippen molar-refractivity contribution in [3.05, 3.63) is 241 Å². The molecule has 0 spiro atoms. The molecule has 0 saturated heterocycles. The number of benzene rings is 8. The van der Waals surface area contributed by atoms with Gasteiger partial charge in [0.25, 0.3) is 0 Å². The fraction of sp³-hybridized carbons (Fsp3) is 0.0182. The zero-order valence-corrected chi connectivity index (χ0v) is 32.6. The van der Waals surface area contributed by atoms with Crippen molar-refractivity contribution in [1.82, 2.24) is 0 Å². The number of allylic oxidation sites excluding steroid dienone is 4. The minimum absolute atomic E-state index is 1.04. The van der Waals surface area contributed by atoms with E-state index in [1.807, 2.05) is 11.3 Å². The second-order valence-electron chi connectivity index (χ2n) is 14.1. The van der Waals surface area contributed by atoms with E-state index >= 15 is 0 Å². The highest BCUT2D eigenvalue weighted by Gasteiger charge is 2.18. The van der Waals surface area contributed by atoms with E-state index in [9.17, 15) is 0 Å². The summed E-state index contributed by atoms with van der Waals surface area (Å²) in [6, 6.07) is 74.2. The topological polar surface area (TPSA) is 3.24 Å². The van der Waals surface area contributed by atoms with Gasteiger partial charge in [0.1, 0.15) is 0 Å². The molecule has 9 rings (SSSR count). The summed E-state index contributed by atoms with van der Waals surface area (Å²) in [5, 5.41) is 2.62. The highest BCUT2D eigenvalue weighted by Crippen LogP contribution is 2.40. The first-order valence-electron chi connectivity index (χ1n) is 19.4. The van der Waals surface area contributed by atoms with E-state index in [2.05, 4.69) is 242 Å². The average Bonchev–Trinajstić information content (AvgIpc) is 3.66. The van der Waals surface area contributed by atoms with Crippen LogP contribution in [0, 0.1) is 0 Å². The van der Waals surface area contributed by atoms with E-state index in [-0.39, 0.29) is 0 Å². The van der Waals surface area contributed by atoms with Crippen LogP contribution in [0.3, 0.4) is 0 Å². The Morgan fingerprint density at radius 3 is 1.63 bits per heavy atom. The van der Waals surface area contributed by atoms with Crippen molar-refractivity contribution in [3.63, 3.8) is 0 Å². The fourth-order valence-corrected chi connectivity index (χ4v) is 8.63. The van der Waals surface area contributed by atoms with Crippen LogP contribution in [0.1, 0.15) is 18.1 Å². The van der Waals surface area contributed by atoms with Gasteiger partial charge in [0.05, 0.1) is 0 Å². The molecule has 0 fully saturated rings. The Morgan fingerprint density at radius 1 is 0.439 bits per heavy atom. The van der Waals surface area contributed by atoms with E-state index in [4.69, 9.17) is 0 Å². The summed E-state index contributed by atoms with van der Waals surface area (Å²) in [7, 11) is 0. The van der Waals surface area contributed by atoms with Gasteiger partial charge in [-0.2, -0.15) is 0 Å². The van der Waals surface area contributed by atoms with Crippen LogP contribution >= 0.6 is 11.3 Å². The number of anilines is 2. The largest absolute Gasteiger partial charge is 0.310 e. The van der Waals surface area contributed by atoms with E-state index < -0.39 is 0 Å². The van der Waals surface area contributed by atoms with Gasteiger partial charge in [-0.1, -0.05) is 170 Å². The quantitative estimate of drug-likeness (QED) is 0.126. The molecule has 0 aliphatic carbocycles. The molecule has 9 aromatic rings. The van der Waals surface area contributed by atoms with Crippen LogP contribution in [-0.2, 0) is 0 Å². The first-order valence-corrected chi connectivity index (χ1v) is 20.3. The molecule has 0 N–H and O–H groups in total. The van der Waals surface area contributed by atoms with Gasteiger partial charge >= 0.3 is 0 Å². The van der Waals surface area contributed by atoms with Crippen LogP contribution in [0.4, 0.5) is 11.4 Å². The molecule has 0 radical (unpaired) electrons. The standard InChI is InChI=1S/C55H41NS/c1-2-41(42-19-9-4-10-20-42)36-50(31-27-40-17-7-3-8-18-40)56(51-37-47(43-21-11-5-12-22-43)35-48(38-51)44-23-13-6-14-24-44)49-32-28-45(29-33-49)46-30-34-55-53(39-46)52-25-15-16-26-54(52)57-55/h2-39H,1H3/b31-27+,41-2+,50-36+. The third-order valence-corrected chi connectivity index (χ3v) is 11.6. The Kier molecular flexibility index (Phi) is 10.3.